The molecule has 0 aromatic heterocycles. The number of aryl methyl sites for hydroxylation is 1. The van der Waals surface area contributed by atoms with Gasteiger partial charge in [0.2, 0.25) is 0 Å². The van der Waals surface area contributed by atoms with E-state index in [9.17, 15) is 8.78 Å². The van der Waals surface area contributed by atoms with Gasteiger partial charge in [-0.1, -0.05) is 29.8 Å². The molecule has 19 heavy (non-hydrogen) atoms. The summed E-state index contributed by atoms with van der Waals surface area (Å²) in [6.07, 6.45) is 0. The van der Waals surface area contributed by atoms with Gasteiger partial charge in [-0.3, -0.25) is 0 Å². The van der Waals surface area contributed by atoms with Gasteiger partial charge < -0.3 is 5.32 Å². The van der Waals surface area contributed by atoms with Crippen LogP contribution in [-0.4, -0.2) is 7.05 Å². The van der Waals surface area contributed by atoms with Crippen molar-refractivity contribution >= 4 is 11.6 Å². The Balaban J connectivity index is 2.50. The molecule has 0 aliphatic heterocycles. The van der Waals surface area contributed by atoms with Gasteiger partial charge in [0.05, 0.1) is 6.04 Å². The number of halogens is 3. The van der Waals surface area contributed by atoms with E-state index in [0.29, 0.717) is 10.6 Å². The summed E-state index contributed by atoms with van der Waals surface area (Å²) in [5.74, 6) is -1.18. The van der Waals surface area contributed by atoms with E-state index in [1.807, 2.05) is 25.1 Å². The highest BCUT2D eigenvalue weighted by Gasteiger charge is 2.19. The van der Waals surface area contributed by atoms with Gasteiger partial charge >= 0.3 is 0 Å². The topological polar surface area (TPSA) is 12.0 Å². The maximum atomic E-state index is 13.9. The molecule has 0 radical (unpaired) electrons. The number of rotatable bonds is 3. The average molecular weight is 282 g/mol. The summed E-state index contributed by atoms with van der Waals surface area (Å²) in [5.41, 5.74) is 2.16. The molecule has 0 saturated heterocycles. The normalized spacial score (nSPS) is 12.5. The highest BCUT2D eigenvalue weighted by atomic mass is 35.5. The van der Waals surface area contributed by atoms with E-state index >= 15 is 0 Å². The first kappa shape index (κ1) is 14.0. The molecular formula is C15H14ClF2N. The molecule has 4 heteroatoms. The summed E-state index contributed by atoms with van der Waals surface area (Å²) in [7, 11) is 1.71. The van der Waals surface area contributed by atoms with Crippen molar-refractivity contribution in [3.05, 3.63) is 69.7 Å². The maximum Gasteiger partial charge on any atom is 0.131 e. The Hall–Kier alpha value is -1.45. The summed E-state index contributed by atoms with van der Waals surface area (Å²) in [6, 6.07) is 8.72. The van der Waals surface area contributed by atoms with Crippen LogP contribution in [0.5, 0.6) is 0 Å². The second-order valence-electron chi connectivity index (χ2n) is 4.41. The Bertz CT molecular complexity index is 547. The van der Waals surface area contributed by atoms with Gasteiger partial charge in [0.15, 0.2) is 0 Å². The zero-order chi connectivity index (χ0) is 14.0. The van der Waals surface area contributed by atoms with Crippen molar-refractivity contribution in [2.24, 2.45) is 0 Å². The minimum Gasteiger partial charge on any atom is -0.309 e. The van der Waals surface area contributed by atoms with Gasteiger partial charge in [-0.25, -0.2) is 8.78 Å². The van der Waals surface area contributed by atoms with Crippen molar-refractivity contribution in [3.8, 4) is 0 Å². The van der Waals surface area contributed by atoms with Crippen LogP contribution in [-0.2, 0) is 0 Å². The van der Waals surface area contributed by atoms with Gasteiger partial charge in [-0.05, 0) is 37.2 Å². The summed E-state index contributed by atoms with van der Waals surface area (Å²) < 4.78 is 26.8. The Kier molecular flexibility index (Phi) is 4.17. The van der Waals surface area contributed by atoms with Crippen LogP contribution in [0.2, 0.25) is 5.02 Å². The summed E-state index contributed by atoms with van der Waals surface area (Å²) in [5, 5.41) is 3.57. The van der Waals surface area contributed by atoms with E-state index in [1.165, 1.54) is 12.1 Å². The van der Waals surface area contributed by atoms with Gasteiger partial charge in [0.1, 0.15) is 11.6 Å². The largest absolute Gasteiger partial charge is 0.309 e. The minimum absolute atomic E-state index is 0.370. The van der Waals surface area contributed by atoms with Gasteiger partial charge in [-0.2, -0.15) is 0 Å². The zero-order valence-electron chi connectivity index (χ0n) is 10.7. The summed E-state index contributed by atoms with van der Waals surface area (Å²) in [4.78, 5) is 0. The van der Waals surface area contributed by atoms with E-state index < -0.39 is 17.7 Å². The molecule has 1 unspecified atom stereocenters. The second-order valence-corrected chi connectivity index (χ2v) is 4.82. The van der Waals surface area contributed by atoms with Crippen LogP contribution in [0.1, 0.15) is 22.7 Å². The minimum atomic E-state index is -0.592. The molecule has 0 heterocycles. The fourth-order valence-electron chi connectivity index (χ4n) is 2.08. The number of hydrogen-bond acceptors (Lipinski definition) is 1. The average Bonchev–Trinajstić information content (AvgIpc) is 2.34. The van der Waals surface area contributed by atoms with Gasteiger partial charge in [0.25, 0.3) is 0 Å². The number of nitrogens with one attached hydrogen (secondary N) is 1. The first-order valence-electron chi connectivity index (χ1n) is 5.91. The van der Waals surface area contributed by atoms with Crippen LogP contribution in [0.3, 0.4) is 0 Å². The Labute approximate surface area is 116 Å². The second kappa shape index (κ2) is 5.68. The lowest BCUT2D eigenvalue weighted by Crippen LogP contribution is -2.19. The molecular weight excluding hydrogens is 268 g/mol. The van der Waals surface area contributed by atoms with Crippen molar-refractivity contribution in [2.75, 3.05) is 7.05 Å². The SMILES string of the molecule is CNC(c1ccc(F)cc1F)c1ccc(C)cc1Cl. The van der Waals surface area contributed by atoms with Crippen LogP contribution in [0.4, 0.5) is 8.78 Å². The standard InChI is InChI=1S/C15H14ClF2N/c1-9-3-5-11(13(16)7-9)15(19-2)12-6-4-10(17)8-14(12)18/h3-8,15,19H,1-2H3. The number of hydrogen-bond donors (Lipinski definition) is 1. The first-order chi connectivity index (χ1) is 9.02. The molecule has 1 nitrogen and oxygen atoms in total. The predicted octanol–water partition coefficient (Wildman–Crippen LogP) is 4.24. The molecule has 0 aliphatic rings. The van der Waals surface area contributed by atoms with E-state index in [4.69, 9.17) is 11.6 Å². The fourth-order valence-corrected chi connectivity index (χ4v) is 2.42. The van der Waals surface area contributed by atoms with Crippen LogP contribution in [0.15, 0.2) is 36.4 Å². The van der Waals surface area contributed by atoms with Crippen molar-refractivity contribution in [2.45, 2.75) is 13.0 Å². The third-order valence-electron chi connectivity index (χ3n) is 3.03. The predicted molar refractivity (Wildman–Crippen MR) is 73.4 cm³/mol. The van der Waals surface area contributed by atoms with Crippen LogP contribution in [0.25, 0.3) is 0 Å². The fraction of sp³-hybridized carbons (Fsp3) is 0.200. The van der Waals surface area contributed by atoms with Crippen molar-refractivity contribution in [1.82, 2.24) is 5.32 Å². The van der Waals surface area contributed by atoms with E-state index in [0.717, 1.165) is 17.2 Å². The van der Waals surface area contributed by atoms with E-state index in [1.54, 1.807) is 7.05 Å². The molecule has 2 rings (SSSR count). The smallest absolute Gasteiger partial charge is 0.131 e. The summed E-state index contributed by atoms with van der Waals surface area (Å²) in [6.45, 7) is 1.93. The Morgan fingerprint density at radius 2 is 1.74 bits per heavy atom. The molecule has 2 aromatic carbocycles. The molecule has 0 bridgehead atoms. The molecule has 0 fully saturated rings. The molecule has 0 aliphatic carbocycles. The molecule has 100 valence electrons. The van der Waals surface area contributed by atoms with Crippen LogP contribution >= 0.6 is 11.6 Å². The highest BCUT2D eigenvalue weighted by Crippen LogP contribution is 2.30. The molecule has 0 spiro atoms. The van der Waals surface area contributed by atoms with Crippen molar-refractivity contribution < 1.29 is 8.78 Å². The van der Waals surface area contributed by atoms with Gasteiger partial charge in [-0.15, -0.1) is 0 Å². The van der Waals surface area contributed by atoms with Crippen molar-refractivity contribution in [1.29, 1.82) is 0 Å². The third-order valence-corrected chi connectivity index (χ3v) is 3.36. The Morgan fingerprint density at radius 3 is 2.32 bits per heavy atom. The molecule has 0 amide bonds. The van der Waals surface area contributed by atoms with Gasteiger partial charge in [0, 0.05) is 16.7 Å². The third kappa shape index (κ3) is 2.94. The highest BCUT2D eigenvalue weighted by molar-refractivity contribution is 6.31. The van der Waals surface area contributed by atoms with Crippen LogP contribution in [0, 0.1) is 18.6 Å². The molecule has 1 N–H and O–H groups in total. The summed E-state index contributed by atoms with van der Waals surface area (Å²) >= 11 is 6.20. The van der Waals surface area contributed by atoms with E-state index in [-0.39, 0.29) is 0 Å². The molecule has 1 atom stereocenters. The lowest BCUT2D eigenvalue weighted by atomic mass is 9.97. The van der Waals surface area contributed by atoms with Crippen molar-refractivity contribution in [3.63, 3.8) is 0 Å². The lowest BCUT2D eigenvalue weighted by molar-refractivity contribution is 0.552. The van der Waals surface area contributed by atoms with E-state index in [2.05, 4.69) is 5.32 Å². The number of benzene rings is 2. The quantitative estimate of drug-likeness (QED) is 0.887. The lowest BCUT2D eigenvalue weighted by Gasteiger charge is -2.19. The molecule has 0 saturated carbocycles. The monoisotopic (exact) mass is 281 g/mol. The Morgan fingerprint density at radius 1 is 1.05 bits per heavy atom. The molecule has 2 aromatic rings. The first-order valence-corrected chi connectivity index (χ1v) is 6.29. The van der Waals surface area contributed by atoms with Crippen LogP contribution < -0.4 is 5.32 Å². The maximum absolute atomic E-state index is 13.9. The zero-order valence-corrected chi connectivity index (χ0v) is 11.4.